The molecule has 1 atom stereocenters. The lowest BCUT2D eigenvalue weighted by atomic mass is 10.1. The number of urea groups is 1. The molecule has 1 saturated heterocycles. The van der Waals surface area contributed by atoms with Crippen LogP contribution in [-0.2, 0) is 4.79 Å². The minimum absolute atomic E-state index is 0.243. The highest BCUT2D eigenvalue weighted by Crippen LogP contribution is 2.17. The molecule has 0 radical (unpaired) electrons. The van der Waals surface area contributed by atoms with Crippen LogP contribution in [0.25, 0.3) is 0 Å². The fourth-order valence-electron chi connectivity index (χ4n) is 2.30. The Kier molecular flexibility index (Phi) is 6.62. The maximum atomic E-state index is 12.0. The van der Waals surface area contributed by atoms with Gasteiger partial charge in [0.1, 0.15) is 6.04 Å². The van der Waals surface area contributed by atoms with Crippen molar-refractivity contribution < 1.29 is 14.7 Å². The lowest BCUT2D eigenvalue weighted by Gasteiger charge is -2.27. The van der Waals surface area contributed by atoms with Crippen LogP contribution >= 0.6 is 0 Å². The van der Waals surface area contributed by atoms with Gasteiger partial charge in [0.2, 0.25) is 0 Å². The van der Waals surface area contributed by atoms with Crippen LogP contribution in [-0.4, -0.2) is 66.7 Å². The number of amides is 2. The summed E-state index contributed by atoms with van der Waals surface area (Å²) in [6.07, 6.45) is 4.18. The topological polar surface area (TPSA) is 72.9 Å². The van der Waals surface area contributed by atoms with E-state index in [0.29, 0.717) is 19.5 Å². The molecule has 6 heteroatoms. The Morgan fingerprint density at radius 3 is 2.68 bits per heavy atom. The molecule has 0 aliphatic carbocycles. The van der Waals surface area contributed by atoms with E-state index in [2.05, 4.69) is 10.2 Å². The first kappa shape index (κ1) is 15.8. The molecule has 1 aliphatic heterocycles. The van der Waals surface area contributed by atoms with E-state index in [1.54, 1.807) is 0 Å². The van der Waals surface area contributed by atoms with Crippen molar-refractivity contribution >= 4 is 12.0 Å². The molecule has 1 rings (SSSR count). The number of rotatable bonds is 5. The molecule has 0 aromatic heterocycles. The molecule has 6 nitrogen and oxygen atoms in total. The van der Waals surface area contributed by atoms with Crippen LogP contribution in [0.15, 0.2) is 0 Å². The average molecular weight is 271 g/mol. The Balaban J connectivity index is 2.44. The normalized spacial score (nSPS) is 20.2. The Bertz CT molecular complexity index is 308. The summed E-state index contributed by atoms with van der Waals surface area (Å²) in [6.45, 7) is 2.03. The standard InChI is InChI=1S/C13H25N3O3/c1-15(2)9-6-8-14-13(19)16-10-5-3-4-7-11(16)12(17)18/h11H,3-10H2,1-2H3,(H,14,19)(H,17,18). The molecule has 1 unspecified atom stereocenters. The highest BCUT2D eigenvalue weighted by atomic mass is 16.4. The number of carbonyl (C=O) groups excluding carboxylic acids is 1. The van der Waals surface area contributed by atoms with Gasteiger partial charge in [-0.15, -0.1) is 0 Å². The number of carbonyl (C=O) groups is 2. The van der Waals surface area contributed by atoms with E-state index in [9.17, 15) is 14.7 Å². The second kappa shape index (κ2) is 7.99. The van der Waals surface area contributed by atoms with E-state index in [-0.39, 0.29) is 6.03 Å². The lowest BCUT2D eigenvalue weighted by Crippen LogP contribution is -2.49. The first-order valence-corrected chi connectivity index (χ1v) is 6.94. The minimum Gasteiger partial charge on any atom is -0.480 e. The van der Waals surface area contributed by atoms with E-state index < -0.39 is 12.0 Å². The van der Waals surface area contributed by atoms with Gasteiger partial charge < -0.3 is 20.2 Å². The summed E-state index contributed by atoms with van der Waals surface area (Å²) in [4.78, 5) is 26.8. The van der Waals surface area contributed by atoms with Crippen LogP contribution < -0.4 is 5.32 Å². The monoisotopic (exact) mass is 271 g/mol. The van der Waals surface area contributed by atoms with Crippen LogP contribution in [0.2, 0.25) is 0 Å². The zero-order valence-corrected chi connectivity index (χ0v) is 11.9. The highest BCUT2D eigenvalue weighted by molar-refractivity contribution is 5.82. The third-order valence-corrected chi connectivity index (χ3v) is 3.36. The van der Waals surface area contributed by atoms with Gasteiger partial charge in [0.25, 0.3) is 0 Å². The maximum Gasteiger partial charge on any atom is 0.326 e. The summed E-state index contributed by atoms with van der Waals surface area (Å²) in [5, 5.41) is 12.0. The van der Waals surface area contributed by atoms with Gasteiger partial charge in [-0.3, -0.25) is 0 Å². The van der Waals surface area contributed by atoms with Crippen LogP contribution in [0, 0.1) is 0 Å². The average Bonchev–Trinajstić information content (AvgIpc) is 2.59. The van der Waals surface area contributed by atoms with Gasteiger partial charge in [-0.2, -0.15) is 0 Å². The smallest absolute Gasteiger partial charge is 0.326 e. The van der Waals surface area contributed by atoms with Crippen LogP contribution in [0.1, 0.15) is 32.1 Å². The summed E-state index contributed by atoms with van der Waals surface area (Å²) in [5.74, 6) is -0.898. The molecular weight excluding hydrogens is 246 g/mol. The first-order valence-electron chi connectivity index (χ1n) is 6.94. The second-order valence-corrected chi connectivity index (χ2v) is 5.29. The van der Waals surface area contributed by atoms with E-state index in [1.165, 1.54) is 4.90 Å². The van der Waals surface area contributed by atoms with Gasteiger partial charge in [-0.25, -0.2) is 9.59 Å². The molecule has 0 aromatic rings. The molecule has 0 bridgehead atoms. The van der Waals surface area contributed by atoms with Crippen molar-refractivity contribution in [1.82, 2.24) is 15.1 Å². The molecule has 110 valence electrons. The lowest BCUT2D eigenvalue weighted by molar-refractivity contribution is -0.142. The number of hydrogen-bond acceptors (Lipinski definition) is 3. The van der Waals surface area contributed by atoms with E-state index >= 15 is 0 Å². The van der Waals surface area contributed by atoms with Crippen molar-refractivity contribution in [3.8, 4) is 0 Å². The largest absolute Gasteiger partial charge is 0.480 e. The van der Waals surface area contributed by atoms with Gasteiger partial charge in [0, 0.05) is 13.1 Å². The predicted molar refractivity (Wildman–Crippen MR) is 73.2 cm³/mol. The zero-order chi connectivity index (χ0) is 14.3. The molecule has 1 fully saturated rings. The molecule has 1 aliphatic rings. The van der Waals surface area contributed by atoms with E-state index in [4.69, 9.17) is 0 Å². The number of nitrogens with one attached hydrogen (secondary N) is 1. The van der Waals surface area contributed by atoms with Crippen LogP contribution in [0.3, 0.4) is 0 Å². The summed E-state index contributed by atoms with van der Waals surface area (Å²) in [5.41, 5.74) is 0. The van der Waals surface area contributed by atoms with Crippen molar-refractivity contribution in [1.29, 1.82) is 0 Å². The van der Waals surface area contributed by atoms with Crippen molar-refractivity contribution in [3.63, 3.8) is 0 Å². The van der Waals surface area contributed by atoms with Gasteiger partial charge in [0.05, 0.1) is 0 Å². The van der Waals surface area contributed by atoms with Gasteiger partial charge in [-0.05, 0) is 39.9 Å². The fourth-order valence-corrected chi connectivity index (χ4v) is 2.30. The number of nitrogens with zero attached hydrogens (tertiary/aromatic N) is 2. The SMILES string of the molecule is CN(C)CCCNC(=O)N1CCCCCC1C(=O)O. The van der Waals surface area contributed by atoms with Crippen molar-refractivity contribution in [3.05, 3.63) is 0 Å². The number of carboxylic acid groups (broad SMARTS) is 1. The van der Waals surface area contributed by atoms with Crippen molar-refractivity contribution in [2.45, 2.75) is 38.1 Å². The van der Waals surface area contributed by atoms with Gasteiger partial charge in [0.15, 0.2) is 0 Å². The Labute approximate surface area is 114 Å². The zero-order valence-electron chi connectivity index (χ0n) is 11.9. The molecule has 0 aromatic carbocycles. The molecule has 1 heterocycles. The Hall–Kier alpha value is -1.30. The minimum atomic E-state index is -0.898. The third-order valence-electron chi connectivity index (χ3n) is 3.36. The molecule has 0 saturated carbocycles. The quantitative estimate of drug-likeness (QED) is 0.731. The van der Waals surface area contributed by atoms with Crippen LogP contribution in [0.4, 0.5) is 4.79 Å². The predicted octanol–water partition coefficient (Wildman–Crippen LogP) is 0.977. The summed E-state index contributed by atoms with van der Waals surface area (Å²) >= 11 is 0. The van der Waals surface area contributed by atoms with Gasteiger partial charge >= 0.3 is 12.0 Å². The first-order chi connectivity index (χ1) is 9.02. The fraction of sp³-hybridized carbons (Fsp3) is 0.846. The summed E-state index contributed by atoms with van der Waals surface area (Å²) < 4.78 is 0. The Morgan fingerprint density at radius 2 is 2.05 bits per heavy atom. The molecule has 2 N–H and O–H groups in total. The van der Waals surface area contributed by atoms with Crippen molar-refractivity contribution in [2.24, 2.45) is 0 Å². The number of carboxylic acids is 1. The highest BCUT2D eigenvalue weighted by Gasteiger charge is 2.30. The number of likely N-dealkylation sites (tertiary alicyclic amines) is 1. The van der Waals surface area contributed by atoms with Crippen molar-refractivity contribution in [2.75, 3.05) is 33.7 Å². The maximum absolute atomic E-state index is 12.0. The summed E-state index contributed by atoms with van der Waals surface area (Å²) in [7, 11) is 3.97. The number of aliphatic carboxylic acids is 1. The molecule has 0 spiro atoms. The molecule has 19 heavy (non-hydrogen) atoms. The summed E-state index contributed by atoms with van der Waals surface area (Å²) in [6, 6.07) is -0.913. The molecular formula is C13H25N3O3. The second-order valence-electron chi connectivity index (χ2n) is 5.29. The number of hydrogen-bond donors (Lipinski definition) is 2. The van der Waals surface area contributed by atoms with E-state index in [1.807, 2.05) is 14.1 Å². The van der Waals surface area contributed by atoms with Gasteiger partial charge in [-0.1, -0.05) is 12.8 Å². The third kappa shape index (κ3) is 5.46. The Morgan fingerprint density at radius 1 is 1.32 bits per heavy atom. The van der Waals surface area contributed by atoms with Crippen LogP contribution in [0.5, 0.6) is 0 Å². The van der Waals surface area contributed by atoms with E-state index in [0.717, 1.165) is 32.2 Å². The molecule has 2 amide bonds.